The average Bonchev–Trinajstić information content (AvgIpc) is 2.99. The van der Waals surface area contributed by atoms with Crippen LogP contribution in [0.3, 0.4) is 0 Å². The van der Waals surface area contributed by atoms with Gasteiger partial charge in [0.15, 0.2) is 0 Å². The Bertz CT molecular complexity index is 543. The third-order valence-electron chi connectivity index (χ3n) is 3.80. The van der Waals surface area contributed by atoms with E-state index < -0.39 is 10.0 Å². The largest absolute Gasteiger partial charge is 0.398 e. The number of nitrogens with one attached hydrogen (secondary N) is 1. The number of hydrogen-bond donors (Lipinski definition) is 2. The molecule has 0 amide bonds. The molecule has 0 bridgehead atoms. The molecule has 0 aromatic heterocycles. The first-order chi connectivity index (χ1) is 8.31. The summed E-state index contributed by atoms with van der Waals surface area (Å²) >= 11 is 0. The van der Waals surface area contributed by atoms with E-state index in [4.69, 9.17) is 5.73 Å². The lowest BCUT2D eigenvalue weighted by atomic mass is 10.1. The van der Waals surface area contributed by atoms with Gasteiger partial charge in [-0.15, -0.1) is 0 Å². The van der Waals surface area contributed by atoms with Gasteiger partial charge in [0.05, 0.1) is 4.90 Å². The highest BCUT2D eigenvalue weighted by Crippen LogP contribution is 2.37. The van der Waals surface area contributed by atoms with Crippen LogP contribution in [0.1, 0.15) is 24.5 Å². The van der Waals surface area contributed by atoms with E-state index in [0.29, 0.717) is 24.1 Å². The van der Waals surface area contributed by atoms with Crippen molar-refractivity contribution in [3.8, 4) is 0 Å². The summed E-state index contributed by atoms with van der Waals surface area (Å²) in [5.74, 6) is 1.13. The monoisotopic (exact) mass is 268 g/mol. The Morgan fingerprint density at radius 3 is 2.50 bits per heavy atom. The van der Waals surface area contributed by atoms with Gasteiger partial charge in [0.2, 0.25) is 10.0 Å². The predicted molar refractivity (Wildman–Crippen MR) is 72.8 cm³/mol. The molecule has 1 fully saturated rings. The molecule has 1 aromatic rings. The zero-order chi connectivity index (χ0) is 13.5. The van der Waals surface area contributed by atoms with Crippen LogP contribution in [0.5, 0.6) is 0 Å². The number of rotatable bonds is 4. The lowest BCUT2D eigenvalue weighted by molar-refractivity contribution is 0.574. The number of anilines is 1. The van der Waals surface area contributed by atoms with Crippen LogP contribution < -0.4 is 10.5 Å². The van der Waals surface area contributed by atoms with Crippen molar-refractivity contribution in [2.75, 3.05) is 12.3 Å². The second-order valence-corrected chi connectivity index (χ2v) is 7.05. The minimum Gasteiger partial charge on any atom is -0.398 e. The Morgan fingerprint density at radius 2 is 2.00 bits per heavy atom. The van der Waals surface area contributed by atoms with Crippen molar-refractivity contribution in [3.05, 3.63) is 23.3 Å². The van der Waals surface area contributed by atoms with Gasteiger partial charge >= 0.3 is 0 Å². The topological polar surface area (TPSA) is 72.2 Å². The summed E-state index contributed by atoms with van der Waals surface area (Å²) in [5.41, 5.74) is 8.17. The van der Waals surface area contributed by atoms with Crippen LogP contribution in [-0.4, -0.2) is 15.0 Å². The zero-order valence-corrected chi connectivity index (χ0v) is 11.8. The van der Waals surface area contributed by atoms with E-state index >= 15 is 0 Å². The fourth-order valence-corrected chi connectivity index (χ4v) is 3.21. The molecule has 5 heteroatoms. The lowest BCUT2D eigenvalue weighted by Gasteiger charge is -2.10. The summed E-state index contributed by atoms with van der Waals surface area (Å²) in [5, 5.41) is 0. The molecule has 2 unspecified atom stereocenters. The zero-order valence-electron chi connectivity index (χ0n) is 11.0. The van der Waals surface area contributed by atoms with Crippen LogP contribution in [0.2, 0.25) is 0 Å². The molecular weight excluding hydrogens is 248 g/mol. The minimum absolute atomic E-state index is 0.261. The number of nitrogen functional groups attached to an aromatic ring is 1. The molecule has 2 atom stereocenters. The van der Waals surface area contributed by atoms with E-state index in [2.05, 4.69) is 11.6 Å². The van der Waals surface area contributed by atoms with Gasteiger partial charge < -0.3 is 5.73 Å². The summed E-state index contributed by atoms with van der Waals surface area (Å²) in [6.07, 6.45) is 1.11. The maximum absolute atomic E-state index is 12.1. The highest BCUT2D eigenvalue weighted by molar-refractivity contribution is 7.89. The van der Waals surface area contributed by atoms with Crippen LogP contribution in [0.25, 0.3) is 0 Å². The van der Waals surface area contributed by atoms with E-state index in [1.807, 2.05) is 13.8 Å². The Hall–Kier alpha value is -1.07. The predicted octanol–water partition coefficient (Wildman–Crippen LogP) is 1.82. The molecule has 1 saturated carbocycles. The molecular formula is C13H20N2O2S. The second-order valence-electron chi connectivity index (χ2n) is 5.28. The van der Waals surface area contributed by atoms with Gasteiger partial charge in [-0.2, -0.15) is 0 Å². The number of nitrogens with two attached hydrogens (primary N) is 1. The summed E-state index contributed by atoms with van der Waals surface area (Å²) in [6, 6.07) is 3.20. The number of hydrogen-bond acceptors (Lipinski definition) is 3. The molecule has 1 aliphatic rings. The smallest absolute Gasteiger partial charge is 0.240 e. The van der Waals surface area contributed by atoms with Crippen molar-refractivity contribution in [1.82, 2.24) is 4.72 Å². The standard InChI is InChI=1S/C13H20N2O2S/c1-8-5-12(6-13(14)10(8)3)18(16,17)15-7-11-4-9(11)2/h5-6,9,11,15H,4,7,14H2,1-3H3. The van der Waals surface area contributed by atoms with Crippen LogP contribution in [0.15, 0.2) is 17.0 Å². The molecule has 4 nitrogen and oxygen atoms in total. The van der Waals surface area contributed by atoms with Crippen molar-refractivity contribution < 1.29 is 8.42 Å². The summed E-state index contributed by atoms with van der Waals surface area (Å²) < 4.78 is 26.9. The minimum atomic E-state index is -3.43. The molecule has 100 valence electrons. The van der Waals surface area contributed by atoms with Gasteiger partial charge in [-0.3, -0.25) is 0 Å². The van der Waals surface area contributed by atoms with Gasteiger partial charge in [0, 0.05) is 12.2 Å². The Labute approximate surface area is 109 Å². The van der Waals surface area contributed by atoms with Gasteiger partial charge in [-0.25, -0.2) is 13.1 Å². The highest BCUT2D eigenvalue weighted by Gasteiger charge is 2.33. The summed E-state index contributed by atoms with van der Waals surface area (Å²) in [4.78, 5) is 0.261. The highest BCUT2D eigenvalue weighted by atomic mass is 32.2. The van der Waals surface area contributed by atoms with E-state index in [1.54, 1.807) is 6.07 Å². The van der Waals surface area contributed by atoms with Crippen LogP contribution in [0.4, 0.5) is 5.69 Å². The number of benzene rings is 1. The number of sulfonamides is 1. The lowest BCUT2D eigenvalue weighted by Crippen LogP contribution is -2.26. The molecule has 0 saturated heterocycles. The fourth-order valence-electron chi connectivity index (χ4n) is 1.99. The van der Waals surface area contributed by atoms with Crippen LogP contribution >= 0.6 is 0 Å². The van der Waals surface area contributed by atoms with Crippen LogP contribution in [-0.2, 0) is 10.0 Å². The number of aryl methyl sites for hydroxylation is 1. The first-order valence-corrected chi connectivity index (χ1v) is 7.66. The van der Waals surface area contributed by atoms with E-state index in [0.717, 1.165) is 17.5 Å². The molecule has 0 radical (unpaired) electrons. The third kappa shape index (κ3) is 2.67. The van der Waals surface area contributed by atoms with Crippen molar-refractivity contribution in [3.63, 3.8) is 0 Å². The molecule has 3 N–H and O–H groups in total. The normalized spacial score (nSPS) is 23.1. The Morgan fingerprint density at radius 1 is 1.39 bits per heavy atom. The van der Waals surface area contributed by atoms with Crippen molar-refractivity contribution in [2.45, 2.75) is 32.1 Å². The van der Waals surface area contributed by atoms with Crippen molar-refractivity contribution in [1.29, 1.82) is 0 Å². The van der Waals surface area contributed by atoms with E-state index in [1.165, 1.54) is 6.07 Å². The fraction of sp³-hybridized carbons (Fsp3) is 0.538. The average molecular weight is 268 g/mol. The SMILES string of the molecule is Cc1cc(S(=O)(=O)NCC2CC2C)cc(N)c1C. The first kappa shape index (κ1) is 13.4. The third-order valence-corrected chi connectivity index (χ3v) is 5.21. The molecule has 1 aliphatic carbocycles. The molecule has 0 spiro atoms. The molecule has 0 aliphatic heterocycles. The van der Waals surface area contributed by atoms with E-state index in [-0.39, 0.29) is 4.90 Å². The van der Waals surface area contributed by atoms with Gasteiger partial charge in [-0.05, 0) is 55.4 Å². The maximum atomic E-state index is 12.1. The van der Waals surface area contributed by atoms with Crippen molar-refractivity contribution >= 4 is 15.7 Å². The molecule has 0 heterocycles. The van der Waals surface area contributed by atoms with E-state index in [9.17, 15) is 8.42 Å². The first-order valence-electron chi connectivity index (χ1n) is 6.17. The summed E-state index contributed by atoms with van der Waals surface area (Å²) in [6.45, 7) is 6.41. The van der Waals surface area contributed by atoms with Gasteiger partial charge in [-0.1, -0.05) is 6.92 Å². The van der Waals surface area contributed by atoms with Crippen LogP contribution in [0, 0.1) is 25.7 Å². The van der Waals surface area contributed by atoms with Crippen molar-refractivity contribution in [2.24, 2.45) is 11.8 Å². The quantitative estimate of drug-likeness (QED) is 0.818. The second kappa shape index (κ2) is 4.55. The Kier molecular flexibility index (Phi) is 3.38. The van der Waals surface area contributed by atoms with Gasteiger partial charge in [0.1, 0.15) is 0 Å². The molecule has 1 aromatic carbocycles. The van der Waals surface area contributed by atoms with Gasteiger partial charge in [0.25, 0.3) is 0 Å². The maximum Gasteiger partial charge on any atom is 0.240 e. The molecule has 18 heavy (non-hydrogen) atoms. The summed E-state index contributed by atoms with van der Waals surface area (Å²) in [7, 11) is -3.43. The Balaban J connectivity index is 2.18. The molecule has 2 rings (SSSR count).